The van der Waals surface area contributed by atoms with Crippen molar-refractivity contribution in [3.8, 4) is 0 Å². The fourth-order valence-corrected chi connectivity index (χ4v) is 2.15. The zero-order valence-electron chi connectivity index (χ0n) is 10.2. The van der Waals surface area contributed by atoms with E-state index in [1.54, 1.807) is 0 Å². The molecule has 0 aromatic heterocycles. The number of rotatable bonds is 1. The van der Waals surface area contributed by atoms with Crippen molar-refractivity contribution < 1.29 is 5.11 Å². The predicted octanol–water partition coefficient (Wildman–Crippen LogP) is 4.31. The number of hydrogen-bond donors (Lipinski definition) is 1. The summed E-state index contributed by atoms with van der Waals surface area (Å²) in [5.41, 5.74) is 6.35. The second-order valence-electron chi connectivity index (χ2n) is 4.65. The van der Waals surface area contributed by atoms with E-state index in [1.807, 2.05) is 6.08 Å². The third kappa shape index (κ3) is 2.04. The molecule has 0 fully saturated rings. The summed E-state index contributed by atoms with van der Waals surface area (Å²) in [6.45, 7) is 6.37. The van der Waals surface area contributed by atoms with Crippen molar-refractivity contribution in [2.75, 3.05) is 0 Å². The summed E-state index contributed by atoms with van der Waals surface area (Å²) in [5, 5.41) is 9.65. The van der Waals surface area contributed by atoms with Crippen LogP contribution in [0.5, 0.6) is 0 Å². The van der Waals surface area contributed by atoms with Gasteiger partial charge >= 0.3 is 0 Å². The van der Waals surface area contributed by atoms with Gasteiger partial charge in [0.25, 0.3) is 0 Å². The fourth-order valence-electron chi connectivity index (χ4n) is 2.15. The summed E-state index contributed by atoms with van der Waals surface area (Å²) < 4.78 is 0. The molecular weight excluding hydrogens is 196 g/mol. The highest BCUT2D eigenvalue weighted by Crippen LogP contribution is 2.31. The summed E-state index contributed by atoms with van der Waals surface area (Å²) in [7, 11) is 0. The van der Waals surface area contributed by atoms with E-state index in [2.05, 4.69) is 39.0 Å². The molecule has 1 N–H and O–H groups in total. The topological polar surface area (TPSA) is 20.2 Å². The number of aliphatic hydroxyl groups excluding tert-OH is 1. The molecule has 0 spiro atoms. The van der Waals surface area contributed by atoms with Crippen LogP contribution in [0.3, 0.4) is 0 Å². The van der Waals surface area contributed by atoms with Crippen LogP contribution in [0.4, 0.5) is 0 Å². The van der Waals surface area contributed by atoms with Gasteiger partial charge in [0.1, 0.15) is 0 Å². The van der Waals surface area contributed by atoms with E-state index in [0.29, 0.717) is 5.76 Å². The van der Waals surface area contributed by atoms with E-state index in [-0.39, 0.29) is 0 Å². The lowest BCUT2D eigenvalue weighted by molar-refractivity contribution is 0.386. The van der Waals surface area contributed by atoms with Crippen LogP contribution < -0.4 is 0 Å². The van der Waals surface area contributed by atoms with E-state index in [0.717, 1.165) is 12.8 Å². The van der Waals surface area contributed by atoms with Crippen molar-refractivity contribution in [2.45, 2.75) is 33.6 Å². The molecular formula is C15H18O. The van der Waals surface area contributed by atoms with Crippen molar-refractivity contribution in [3.05, 3.63) is 52.3 Å². The van der Waals surface area contributed by atoms with Crippen LogP contribution in [0.1, 0.15) is 36.5 Å². The third-order valence-corrected chi connectivity index (χ3v) is 3.21. The van der Waals surface area contributed by atoms with Gasteiger partial charge in [-0.1, -0.05) is 29.3 Å². The van der Waals surface area contributed by atoms with Crippen LogP contribution in [0.15, 0.2) is 35.6 Å². The zero-order valence-corrected chi connectivity index (χ0v) is 10.2. The molecule has 0 saturated heterocycles. The highest BCUT2D eigenvalue weighted by molar-refractivity contribution is 5.79. The number of hydrogen-bond acceptors (Lipinski definition) is 1. The standard InChI is InChI=1S/C15H18O/c1-10-4-5-11(2)14(8-10)15-9-13(16)7-6-12(15)3/h4-5,8-9,16H,6-7H2,1-3H3. The minimum absolute atomic E-state index is 0.501. The smallest absolute Gasteiger partial charge is 0.0931 e. The van der Waals surface area contributed by atoms with E-state index < -0.39 is 0 Å². The lowest BCUT2D eigenvalue weighted by Crippen LogP contribution is -1.98. The number of allylic oxidation sites excluding steroid dienone is 4. The number of aryl methyl sites for hydroxylation is 2. The molecule has 1 heteroatoms. The molecule has 2 rings (SSSR count). The molecule has 0 bridgehead atoms. The first kappa shape index (κ1) is 11.0. The second kappa shape index (κ2) is 4.17. The van der Waals surface area contributed by atoms with E-state index in [1.165, 1.54) is 27.8 Å². The molecule has 1 aliphatic carbocycles. The molecule has 0 aliphatic heterocycles. The number of benzene rings is 1. The van der Waals surface area contributed by atoms with Crippen LogP contribution in [-0.4, -0.2) is 5.11 Å². The molecule has 16 heavy (non-hydrogen) atoms. The van der Waals surface area contributed by atoms with Gasteiger partial charge in [-0.25, -0.2) is 0 Å². The van der Waals surface area contributed by atoms with Gasteiger partial charge in [-0.05, 0) is 50.0 Å². The summed E-state index contributed by atoms with van der Waals surface area (Å²) in [6, 6.07) is 6.47. The van der Waals surface area contributed by atoms with E-state index in [4.69, 9.17) is 0 Å². The maximum absolute atomic E-state index is 9.65. The first-order chi connectivity index (χ1) is 7.58. The first-order valence-electron chi connectivity index (χ1n) is 5.75. The van der Waals surface area contributed by atoms with Gasteiger partial charge in [-0.3, -0.25) is 0 Å². The highest BCUT2D eigenvalue weighted by atomic mass is 16.3. The summed E-state index contributed by atoms with van der Waals surface area (Å²) in [4.78, 5) is 0. The average molecular weight is 214 g/mol. The van der Waals surface area contributed by atoms with Crippen LogP contribution in [0, 0.1) is 13.8 Å². The third-order valence-electron chi connectivity index (χ3n) is 3.21. The molecule has 1 aliphatic rings. The van der Waals surface area contributed by atoms with Crippen molar-refractivity contribution in [1.82, 2.24) is 0 Å². The largest absolute Gasteiger partial charge is 0.512 e. The van der Waals surface area contributed by atoms with Gasteiger partial charge < -0.3 is 5.11 Å². The van der Waals surface area contributed by atoms with Gasteiger partial charge in [-0.15, -0.1) is 0 Å². The summed E-state index contributed by atoms with van der Waals surface area (Å²) in [6.07, 6.45) is 3.66. The molecule has 0 unspecified atom stereocenters. The Morgan fingerprint density at radius 2 is 1.81 bits per heavy atom. The molecule has 0 heterocycles. The Bertz CT molecular complexity index is 478. The normalized spacial score (nSPS) is 16.3. The highest BCUT2D eigenvalue weighted by Gasteiger charge is 2.12. The fraction of sp³-hybridized carbons (Fsp3) is 0.333. The molecule has 1 aromatic carbocycles. The Balaban J connectivity index is 2.55. The lowest BCUT2D eigenvalue weighted by atomic mass is 9.89. The van der Waals surface area contributed by atoms with Crippen molar-refractivity contribution in [3.63, 3.8) is 0 Å². The molecule has 84 valence electrons. The maximum atomic E-state index is 9.65. The Kier molecular flexibility index (Phi) is 2.86. The van der Waals surface area contributed by atoms with E-state index >= 15 is 0 Å². The van der Waals surface area contributed by atoms with Gasteiger partial charge in [0, 0.05) is 6.42 Å². The monoisotopic (exact) mass is 214 g/mol. The van der Waals surface area contributed by atoms with Crippen LogP contribution >= 0.6 is 0 Å². The molecule has 0 saturated carbocycles. The predicted molar refractivity (Wildman–Crippen MR) is 68.5 cm³/mol. The number of aliphatic hydroxyl groups is 1. The Hall–Kier alpha value is -1.50. The molecule has 0 atom stereocenters. The Labute approximate surface area is 97.1 Å². The summed E-state index contributed by atoms with van der Waals surface area (Å²) >= 11 is 0. The van der Waals surface area contributed by atoms with Gasteiger partial charge in [0.2, 0.25) is 0 Å². The van der Waals surface area contributed by atoms with Crippen LogP contribution in [0.2, 0.25) is 0 Å². The quantitative estimate of drug-likeness (QED) is 0.738. The zero-order chi connectivity index (χ0) is 11.7. The van der Waals surface area contributed by atoms with E-state index in [9.17, 15) is 5.11 Å². The molecule has 1 aromatic rings. The van der Waals surface area contributed by atoms with Crippen molar-refractivity contribution in [2.24, 2.45) is 0 Å². The van der Waals surface area contributed by atoms with Gasteiger partial charge in [0.15, 0.2) is 0 Å². The molecule has 0 radical (unpaired) electrons. The lowest BCUT2D eigenvalue weighted by Gasteiger charge is -2.17. The maximum Gasteiger partial charge on any atom is 0.0931 e. The van der Waals surface area contributed by atoms with Crippen molar-refractivity contribution in [1.29, 1.82) is 0 Å². The van der Waals surface area contributed by atoms with Gasteiger partial charge in [-0.2, -0.15) is 0 Å². The van der Waals surface area contributed by atoms with Gasteiger partial charge in [0.05, 0.1) is 5.76 Å². The van der Waals surface area contributed by atoms with Crippen LogP contribution in [-0.2, 0) is 0 Å². The minimum atomic E-state index is 0.501. The second-order valence-corrected chi connectivity index (χ2v) is 4.65. The first-order valence-corrected chi connectivity index (χ1v) is 5.75. The Morgan fingerprint density at radius 1 is 1.06 bits per heavy atom. The molecule has 1 nitrogen and oxygen atoms in total. The SMILES string of the molecule is CC1=C(c2cc(C)ccc2C)C=C(O)CC1. The summed E-state index contributed by atoms with van der Waals surface area (Å²) in [5.74, 6) is 0.501. The Morgan fingerprint density at radius 3 is 2.56 bits per heavy atom. The van der Waals surface area contributed by atoms with Crippen LogP contribution in [0.25, 0.3) is 5.57 Å². The average Bonchev–Trinajstić information content (AvgIpc) is 2.25. The van der Waals surface area contributed by atoms with Crippen molar-refractivity contribution >= 4 is 5.57 Å². The minimum Gasteiger partial charge on any atom is -0.512 e. The molecule has 0 amide bonds.